The zero-order valence-corrected chi connectivity index (χ0v) is 20.9. The quantitative estimate of drug-likeness (QED) is 0.291. The van der Waals surface area contributed by atoms with Gasteiger partial charge in [0, 0.05) is 18.8 Å². The fourth-order valence-electron chi connectivity index (χ4n) is 9.02. The third-order valence-corrected chi connectivity index (χ3v) is 10.1. The molecule has 0 bridgehead atoms. The Bertz CT molecular complexity index is 818. The van der Waals surface area contributed by atoms with E-state index < -0.39 is 22.2 Å². The van der Waals surface area contributed by atoms with Gasteiger partial charge in [-0.1, -0.05) is 33.6 Å². The minimum absolute atomic E-state index is 0.0132. The Morgan fingerprint density at radius 2 is 1.61 bits per heavy atom. The Kier molecular flexibility index (Phi) is 7.63. The average Bonchev–Trinajstić information content (AvgIpc) is 2.89. The summed E-state index contributed by atoms with van der Waals surface area (Å²) in [4.78, 5) is 11.1. The highest BCUT2D eigenvalue weighted by Crippen LogP contribution is 2.69. The van der Waals surface area contributed by atoms with Crippen LogP contribution < -0.4 is 0 Å². The van der Waals surface area contributed by atoms with Crippen LogP contribution in [0.15, 0.2) is 0 Å². The van der Waals surface area contributed by atoms with Crippen molar-refractivity contribution in [2.24, 2.45) is 46.3 Å². The number of aliphatic hydroxyl groups is 2. The van der Waals surface area contributed by atoms with E-state index in [0.29, 0.717) is 30.1 Å². The Balaban J connectivity index is 0.000000555. The number of fused-ring (bicyclic) bond motifs is 5. The summed E-state index contributed by atoms with van der Waals surface area (Å²) in [5.74, 6) is -0.0928. The molecule has 0 amide bonds. The van der Waals surface area contributed by atoms with Crippen molar-refractivity contribution < 1.29 is 37.6 Å². The molecule has 0 saturated heterocycles. The molecule has 4 rings (SSSR count). The molecule has 5 N–H and O–H groups in total. The van der Waals surface area contributed by atoms with Crippen LogP contribution in [0.4, 0.5) is 0 Å². The maximum absolute atomic E-state index is 11.1. The van der Waals surface area contributed by atoms with E-state index in [1.165, 1.54) is 44.9 Å². The van der Waals surface area contributed by atoms with Gasteiger partial charge in [0.15, 0.2) is 5.79 Å². The fraction of sp³-hybridized carbons (Fsp3) is 0.958. The van der Waals surface area contributed by atoms with E-state index in [4.69, 9.17) is 22.6 Å². The molecule has 0 aromatic carbocycles. The lowest BCUT2D eigenvalue weighted by Crippen LogP contribution is -2.53. The maximum Gasteiger partial charge on any atom is 0.394 e. The molecule has 0 aromatic rings. The van der Waals surface area contributed by atoms with Gasteiger partial charge in [-0.3, -0.25) is 13.9 Å². The summed E-state index contributed by atoms with van der Waals surface area (Å²) in [5.41, 5.74) is 0.365. The monoisotopic (exact) mass is 490 g/mol. The van der Waals surface area contributed by atoms with Gasteiger partial charge in [0.25, 0.3) is 0 Å². The van der Waals surface area contributed by atoms with Crippen molar-refractivity contribution in [2.75, 3.05) is 0 Å². The zero-order valence-electron chi connectivity index (χ0n) is 20.1. The number of hydrogen-bond donors (Lipinski definition) is 5. The number of carboxylic acid groups (broad SMARTS) is 1. The third-order valence-electron chi connectivity index (χ3n) is 10.1. The normalized spacial score (nSPS) is 42.7. The van der Waals surface area contributed by atoms with E-state index in [1.807, 2.05) is 6.92 Å². The summed E-state index contributed by atoms with van der Waals surface area (Å²) >= 11 is 0. The Labute approximate surface area is 197 Å². The fourth-order valence-corrected chi connectivity index (χ4v) is 9.02. The van der Waals surface area contributed by atoms with Gasteiger partial charge in [-0.15, -0.1) is 0 Å². The molecule has 8 nitrogen and oxygen atoms in total. The first kappa shape index (κ1) is 26.9. The molecule has 192 valence electrons. The van der Waals surface area contributed by atoms with Crippen LogP contribution in [0.25, 0.3) is 0 Å². The highest BCUT2D eigenvalue weighted by Gasteiger charge is 2.66. The van der Waals surface area contributed by atoms with Crippen LogP contribution >= 0.6 is 0 Å². The highest BCUT2D eigenvalue weighted by molar-refractivity contribution is 7.79. The molecule has 0 aliphatic heterocycles. The molecule has 1 unspecified atom stereocenters. The topological polar surface area (TPSA) is 152 Å². The standard InChI is InChI=1S/C24H40O4.H2O4S/c1-15(7-10-20(25)26)21-23(3)13-11-18-17(19(23)14-24(21,27)28)9-8-16-6-4-5-12-22(16,18)2;1-5(2,3)4/h15-19,21,27-28H,4-14H2,1-3H3,(H,25,26);(H2,1,2,3,4)/t15-,16?,17-,18+,19+,21-,22+,23+;/m1./s1. The lowest BCUT2D eigenvalue weighted by atomic mass is 9.44. The second-order valence-corrected chi connectivity index (χ2v) is 12.8. The number of aliphatic carboxylic acids is 1. The molecule has 4 aliphatic rings. The molecular weight excluding hydrogens is 448 g/mol. The van der Waals surface area contributed by atoms with Crippen molar-refractivity contribution in [1.29, 1.82) is 0 Å². The summed E-state index contributed by atoms with van der Waals surface area (Å²) < 4.78 is 31.6. The van der Waals surface area contributed by atoms with E-state index in [-0.39, 0.29) is 23.7 Å². The van der Waals surface area contributed by atoms with Gasteiger partial charge < -0.3 is 15.3 Å². The van der Waals surface area contributed by atoms with Crippen LogP contribution in [0.1, 0.15) is 91.4 Å². The first-order valence-electron chi connectivity index (χ1n) is 12.5. The molecule has 9 heteroatoms. The van der Waals surface area contributed by atoms with Crippen LogP contribution in [-0.4, -0.2) is 44.6 Å². The second-order valence-electron chi connectivity index (χ2n) is 11.9. The minimum atomic E-state index is -4.67. The van der Waals surface area contributed by atoms with E-state index >= 15 is 0 Å². The molecule has 0 heterocycles. The van der Waals surface area contributed by atoms with Crippen molar-refractivity contribution in [3.05, 3.63) is 0 Å². The molecular formula is C24H42O8S. The van der Waals surface area contributed by atoms with Crippen LogP contribution in [0.2, 0.25) is 0 Å². The molecule has 4 aliphatic carbocycles. The average molecular weight is 491 g/mol. The first-order chi connectivity index (χ1) is 15.1. The van der Waals surface area contributed by atoms with E-state index in [1.54, 1.807) is 0 Å². The van der Waals surface area contributed by atoms with Gasteiger partial charge in [-0.05, 0) is 85.4 Å². The van der Waals surface area contributed by atoms with Gasteiger partial charge in [0.05, 0.1) is 0 Å². The van der Waals surface area contributed by atoms with E-state index in [0.717, 1.165) is 18.3 Å². The van der Waals surface area contributed by atoms with E-state index in [2.05, 4.69) is 13.8 Å². The minimum Gasteiger partial charge on any atom is -0.481 e. The zero-order chi connectivity index (χ0) is 24.8. The Morgan fingerprint density at radius 1 is 0.970 bits per heavy atom. The van der Waals surface area contributed by atoms with Gasteiger partial charge in [0.2, 0.25) is 0 Å². The molecule has 0 aromatic heterocycles. The van der Waals surface area contributed by atoms with Gasteiger partial charge in [-0.2, -0.15) is 8.42 Å². The van der Waals surface area contributed by atoms with Crippen molar-refractivity contribution in [1.82, 2.24) is 0 Å². The number of carbonyl (C=O) groups is 1. The Hall–Kier alpha value is -0.740. The van der Waals surface area contributed by atoms with Gasteiger partial charge in [0.1, 0.15) is 0 Å². The van der Waals surface area contributed by atoms with Crippen LogP contribution in [-0.2, 0) is 15.2 Å². The molecule has 0 radical (unpaired) electrons. The van der Waals surface area contributed by atoms with Crippen LogP contribution in [0.5, 0.6) is 0 Å². The number of rotatable bonds is 4. The van der Waals surface area contributed by atoms with Gasteiger partial charge in [-0.25, -0.2) is 0 Å². The second kappa shape index (κ2) is 9.37. The van der Waals surface area contributed by atoms with Crippen molar-refractivity contribution >= 4 is 16.4 Å². The first-order valence-corrected chi connectivity index (χ1v) is 13.9. The molecule has 8 atom stereocenters. The lowest BCUT2D eigenvalue weighted by Gasteiger charge is -2.60. The molecule has 4 fully saturated rings. The summed E-state index contributed by atoms with van der Waals surface area (Å²) in [6.45, 7) is 6.87. The third kappa shape index (κ3) is 5.42. The largest absolute Gasteiger partial charge is 0.481 e. The summed E-state index contributed by atoms with van der Waals surface area (Å²) in [5, 5.41) is 31.3. The van der Waals surface area contributed by atoms with Crippen molar-refractivity contribution in [3.8, 4) is 0 Å². The predicted octanol–water partition coefficient (Wildman–Crippen LogP) is 4.17. The summed E-state index contributed by atoms with van der Waals surface area (Å²) in [6.07, 6.45) is 11.4. The smallest absolute Gasteiger partial charge is 0.394 e. The van der Waals surface area contributed by atoms with Crippen LogP contribution in [0.3, 0.4) is 0 Å². The highest BCUT2D eigenvalue weighted by atomic mass is 32.3. The van der Waals surface area contributed by atoms with E-state index in [9.17, 15) is 15.0 Å². The predicted molar refractivity (Wildman–Crippen MR) is 123 cm³/mol. The lowest BCUT2D eigenvalue weighted by molar-refractivity contribution is -0.211. The Morgan fingerprint density at radius 3 is 2.21 bits per heavy atom. The number of carboxylic acids is 1. The summed E-state index contributed by atoms with van der Waals surface area (Å²) in [7, 11) is -4.67. The SMILES string of the molecule is C[C@H](CCC(=O)O)[C@H]1C(O)(O)C[C@H]2[C@@H]3CCC4CCCC[C@]4(C)[C@H]3CC[C@@]21C.O=S(=O)(O)O. The van der Waals surface area contributed by atoms with Crippen molar-refractivity contribution in [3.63, 3.8) is 0 Å². The van der Waals surface area contributed by atoms with Gasteiger partial charge >= 0.3 is 16.4 Å². The summed E-state index contributed by atoms with van der Waals surface area (Å²) in [6, 6.07) is 0. The van der Waals surface area contributed by atoms with Crippen molar-refractivity contribution in [2.45, 2.75) is 97.2 Å². The van der Waals surface area contributed by atoms with Crippen LogP contribution in [0, 0.1) is 46.3 Å². The number of hydrogen-bond acceptors (Lipinski definition) is 5. The molecule has 4 saturated carbocycles. The maximum atomic E-state index is 11.1. The molecule has 33 heavy (non-hydrogen) atoms. The molecule has 0 spiro atoms.